The molecule has 5 nitrogen and oxygen atoms in total. The molecule has 1 amide bonds. The molecule has 1 aromatic carbocycles. The van der Waals surface area contributed by atoms with E-state index in [1.165, 1.54) is 6.08 Å². The zero-order valence-corrected chi connectivity index (χ0v) is 9.68. The van der Waals surface area contributed by atoms with Crippen molar-refractivity contribution in [1.29, 1.82) is 0 Å². The van der Waals surface area contributed by atoms with E-state index in [0.717, 1.165) is 5.41 Å². The molecule has 1 N–H and O–H groups in total. The van der Waals surface area contributed by atoms with Crippen LogP contribution >= 0.6 is 0 Å². The van der Waals surface area contributed by atoms with Gasteiger partial charge in [0.1, 0.15) is 5.75 Å². The summed E-state index contributed by atoms with van der Waals surface area (Å²) in [7, 11) is -3.16. The molecule has 1 heterocycles. The predicted octanol–water partition coefficient (Wildman–Crippen LogP) is 1.09. The van der Waals surface area contributed by atoms with Crippen molar-refractivity contribution in [2.75, 3.05) is 5.75 Å². The first kappa shape index (κ1) is 11.7. The number of sulfone groups is 1. The zero-order chi connectivity index (χ0) is 12.3. The Morgan fingerprint density at radius 2 is 2.00 bits per heavy atom. The number of carbonyl (C=O) groups excluding carboxylic acids is 1. The maximum absolute atomic E-state index is 11.4. The fourth-order valence-corrected chi connectivity index (χ4v) is 2.68. The highest BCUT2D eigenvalue weighted by molar-refractivity contribution is 7.94. The molecule has 0 spiro atoms. The van der Waals surface area contributed by atoms with Crippen molar-refractivity contribution >= 4 is 15.9 Å². The van der Waals surface area contributed by atoms with Crippen LogP contribution in [0.5, 0.6) is 5.75 Å². The number of para-hydroxylation sites is 1. The molecule has 0 aliphatic carbocycles. The van der Waals surface area contributed by atoms with Crippen LogP contribution in [0.1, 0.15) is 0 Å². The first-order valence-electron chi connectivity index (χ1n) is 4.99. The lowest BCUT2D eigenvalue weighted by atomic mass is 10.3. The lowest BCUT2D eigenvalue weighted by Crippen LogP contribution is -2.37. The van der Waals surface area contributed by atoms with E-state index in [0.29, 0.717) is 5.75 Å². The Hall–Kier alpha value is -1.82. The maximum Gasteiger partial charge on any atom is 0.413 e. The largest absolute Gasteiger partial charge is 0.413 e. The van der Waals surface area contributed by atoms with Gasteiger partial charge in [-0.1, -0.05) is 18.2 Å². The topological polar surface area (TPSA) is 72.5 Å². The third kappa shape index (κ3) is 3.32. The average Bonchev–Trinajstić information content (AvgIpc) is 2.59. The Kier molecular flexibility index (Phi) is 3.14. The Bertz CT molecular complexity index is 536. The van der Waals surface area contributed by atoms with E-state index in [1.807, 2.05) is 0 Å². The Balaban J connectivity index is 1.89. The van der Waals surface area contributed by atoms with Crippen LogP contribution in [0.15, 0.2) is 41.8 Å². The van der Waals surface area contributed by atoms with Crippen LogP contribution in [0.4, 0.5) is 4.79 Å². The maximum atomic E-state index is 11.4. The Morgan fingerprint density at radius 3 is 2.59 bits per heavy atom. The first-order valence-corrected chi connectivity index (χ1v) is 6.71. The summed E-state index contributed by atoms with van der Waals surface area (Å²) in [4.78, 5) is 11.4. The molecule has 0 aromatic heterocycles. The highest BCUT2D eigenvalue weighted by Gasteiger charge is 2.23. The van der Waals surface area contributed by atoms with Crippen LogP contribution in [-0.2, 0) is 9.84 Å². The highest BCUT2D eigenvalue weighted by Crippen LogP contribution is 2.10. The number of carbonyl (C=O) groups is 1. The van der Waals surface area contributed by atoms with Gasteiger partial charge in [-0.3, -0.25) is 0 Å². The van der Waals surface area contributed by atoms with Crippen LogP contribution in [0.25, 0.3) is 0 Å². The van der Waals surface area contributed by atoms with Crippen LogP contribution in [0.2, 0.25) is 0 Å². The molecule has 1 aromatic rings. The van der Waals surface area contributed by atoms with Crippen molar-refractivity contribution in [3.8, 4) is 5.75 Å². The minimum Gasteiger partial charge on any atom is -0.410 e. The molecular formula is C11H11NO4S. The predicted molar refractivity (Wildman–Crippen MR) is 62.3 cm³/mol. The third-order valence-electron chi connectivity index (χ3n) is 2.19. The van der Waals surface area contributed by atoms with Crippen molar-refractivity contribution in [2.45, 2.75) is 6.04 Å². The van der Waals surface area contributed by atoms with Crippen molar-refractivity contribution in [2.24, 2.45) is 0 Å². The number of ether oxygens (including phenoxy) is 1. The smallest absolute Gasteiger partial charge is 0.410 e. The van der Waals surface area contributed by atoms with Gasteiger partial charge in [-0.25, -0.2) is 13.2 Å². The van der Waals surface area contributed by atoms with E-state index in [1.54, 1.807) is 30.3 Å². The average molecular weight is 253 g/mol. The summed E-state index contributed by atoms with van der Waals surface area (Å²) in [5, 5.41) is 3.55. The van der Waals surface area contributed by atoms with E-state index < -0.39 is 22.0 Å². The lowest BCUT2D eigenvalue weighted by molar-refractivity contribution is 0.199. The summed E-state index contributed by atoms with van der Waals surface area (Å²) in [6.07, 6.45) is 0.768. The SMILES string of the molecule is O=C(NC1C=CS(=O)(=O)C1)Oc1ccccc1. The molecule has 6 heteroatoms. The number of benzene rings is 1. The minimum absolute atomic E-state index is 0.114. The second kappa shape index (κ2) is 4.58. The highest BCUT2D eigenvalue weighted by atomic mass is 32.2. The van der Waals surface area contributed by atoms with E-state index in [4.69, 9.17) is 4.74 Å². The number of hydrogen-bond acceptors (Lipinski definition) is 4. The molecule has 1 aliphatic rings. The molecule has 1 atom stereocenters. The fourth-order valence-electron chi connectivity index (χ4n) is 1.44. The monoisotopic (exact) mass is 253 g/mol. The van der Waals surface area contributed by atoms with Gasteiger partial charge in [-0.2, -0.15) is 0 Å². The quantitative estimate of drug-likeness (QED) is 0.856. The van der Waals surface area contributed by atoms with Crippen molar-refractivity contribution in [3.63, 3.8) is 0 Å². The molecule has 1 unspecified atom stereocenters. The van der Waals surface area contributed by atoms with Gasteiger partial charge in [0.15, 0.2) is 9.84 Å². The number of hydrogen-bond donors (Lipinski definition) is 1. The third-order valence-corrected chi connectivity index (χ3v) is 3.58. The number of amides is 1. The van der Waals surface area contributed by atoms with Crippen molar-refractivity contribution < 1.29 is 17.9 Å². The van der Waals surface area contributed by atoms with E-state index in [-0.39, 0.29) is 5.75 Å². The Labute approximate surface area is 99.0 Å². The first-order chi connectivity index (χ1) is 8.05. The fraction of sp³-hybridized carbons (Fsp3) is 0.182. The molecule has 0 saturated carbocycles. The van der Waals surface area contributed by atoms with E-state index >= 15 is 0 Å². The molecule has 0 radical (unpaired) electrons. The molecule has 0 saturated heterocycles. The summed E-state index contributed by atoms with van der Waals surface area (Å²) in [5.74, 6) is 0.298. The van der Waals surface area contributed by atoms with Crippen LogP contribution in [-0.4, -0.2) is 26.3 Å². The second-order valence-corrected chi connectivity index (χ2v) is 5.54. The zero-order valence-electron chi connectivity index (χ0n) is 8.87. The van der Waals surface area contributed by atoms with Gasteiger partial charge >= 0.3 is 6.09 Å². The molecular weight excluding hydrogens is 242 g/mol. The Morgan fingerprint density at radius 1 is 1.29 bits per heavy atom. The van der Waals surface area contributed by atoms with Gasteiger partial charge in [0, 0.05) is 5.41 Å². The van der Waals surface area contributed by atoms with Gasteiger partial charge in [0.05, 0.1) is 11.8 Å². The van der Waals surface area contributed by atoms with Gasteiger partial charge < -0.3 is 10.1 Å². The van der Waals surface area contributed by atoms with Crippen LogP contribution in [0.3, 0.4) is 0 Å². The van der Waals surface area contributed by atoms with E-state index in [9.17, 15) is 13.2 Å². The van der Waals surface area contributed by atoms with Gasteiger partial charge in [0.25, 0.3) is 0 Å². The van der Waals surface area contributed by atoms with Gasteiger partial charge in [0.2, 0.25) is 0 Å². The molecule has 0 bridgehead atoms. The standard InChI is InChI=1S/C11H11NO4S/c13-11(16-10-4-2-1-3-5-10)12-9-6-7-17(14,15)8-9/h1-7,9H,8H2,(H,12,13). The number of rotatable bonds is 2. The minimum atomic E-state index is -3.16. The van der Waals surface area contributed by atoms with Crippen molar-refractivity contribution in [1.82, 2.24) is 5.32 Å². The van der Waals surface area contributed by atoms with Crippen LogP contribution < -0.4 is 10.1 Å². The summed E-state index contributed by atoms with van der Waals surface area (Å²) in [6, 6.07) is 8.04. The molecule has 17 heavy (non-hydrogen) atoms. The molecule has 2 rings (SSSR count). The lowest BCUT2D eigenvalue weighted by Gasteiger charge is -2.09. The number of nitrogens with one attached hydrogen (secondary N) is 1. The second-order valence-electron chi connectivity index (χ2n) is 3.61. The molecule has 1 aliphatic heterocycles. The summed E-state index contributed by atoms with van der Waals surface area (Å²) >= 11 is 0. The van der Waals surface area contributed by atoms with Gasteiger partial charge in [-0.05, 0) is 18.2 Å². The summed E-state index contributed by atoms with van der Waals surface area (Å²) in [6.45, 7) is 0. The normalized spacial score (nSPS) is 21.1. The molecule has 90 valence electrons. The van der Waals surface area contributed by atoms with E-state index in [2.05, 4.69) is 5.32 Å². The molecule has 0 fully saturated rings. The van der Waals surface area contributed by atoms with Crippen molar-refractivity contribution in [3.05, 3.63) is 41.8 Å². The van der Waals surface area contributed by atoms with Gasteiger partial charge in [-0.15, -0.1) is 0 Å². The van der Waals surface area contributed by atoms with Crippen LogP contribution in [0, 0.1) is 0 Å². The summed E-state index contributed by atoms with van der Waals surface area (Å²) in [5.41, 5.74) is 0. The summed E-state index contributed by atoms with van der Waals surface area (Å²) < 4.78 is 27.2.